The van der Waals surface area contributed by atoms with Crippen molar-refractivity contribution in [1.82, 2.24) is 10.6 Å². The number of rotatable bonds is 6. The third kappa shape index (κ3) is 5.09. The summed E-state index contributed by atoms with van der Waals surface area (Å²) in [6.45, 7) is 2.59. The van der Waals surface area contributed by atoms with Gasteiger partial charge in [0.05, 0.1) is 0 Å². The summed E-state index contributed by atoms with van der Waals surface area (Å²) < 4.78 is 11.4. The van der Waals surface area contributed by atoms with Crippen LogP contribution in [0.5, 0.6) is 11.5 Å². The predicted molar refractivity (Wildman–Crippen MR) is 110 cm³/mol. The summed E-state index contributed by atoms with van der Waals surface area (Å²) in [4.78, 5) is 24.1. The number of carbonyl (C=O) groups excluding carboxylic acids is 2. The van der Waals surface area contributed by atoms with Crippen LogP contribution < -0.4 is 20.1 Å². The van der Waals surface area contributed by atoms with Gasteiger partial charge in [-0.3, -0.25) is 20.2 Å². The molecule has 0 atom stereocenters. The predicted octanol–water partition coefficient (Wildman–Crippen LogP) is 3.02. The first-order chi connectivity index (χ1) is 13.4. The summed E-state index contributed by atoms with van der Waals surface area (Å²) in [7, 11) is 0. The molecular weight excluding hydrogens is 400 g/mol. The highest BCUT2D eigenvalue weighted by Crippen LogP contribution is 2.26. The number of carbonyl (C=O) groups is 2. The van der Waals surface area contributed by atoms with Crippen LogP contribution in [0, 0.1) is 6.92 Å². The van der Waals surface area contributed by atoms with Gasteiger partial charge < -0.3 is 9.47 Å². The molecule has 0 radical (unpaired) electrons. The summed E-state index contributed by atoms with van der Waals surface area (Å²) in [6, 6.07) is 12.7. The minimum Gasteiger partial charge on any atom is -0.490 e. The summed E-state index contributed by atoms with van der Waals surface area (Å²) in [5.74, 6) is 0.0666. The Morgan fingerprint density at radius 1 is 1.04 bits per heavy atom. The van der Waals surface area contributed by atoms with Gasteiger partial charge in [0, 0.05) is 10.6 Å². The molecule has 2 aromatic rings. The molecule has 28 heavy (non-hydrogen) atoms. The zero-order valence-electron chi connectivity index (χ0n) is 15.0. The standard InChI is InChI=1S/C20H17ClN2O4S/c1-12-3-2-4-15(9-12)26-7-8-27-17-6-5-14(21)10-13(17)11-16-18(24)22-20(28)23-19(16)25/h2-6,9-11H,7-8H2,1H3,(H2,22,23,24,25,28). The van der Waals surface area contributed by atoms with E-state index in [-0.39, 0.29) is 17.3 Å². The molecule has 0 unspecified atom stereocenters. The Morgan fingerprint density at radius 2 is 1.75 bits per heavy atom. The van der Waals surface area contributed by atoms with Crippen molar-refractivity contribution in [1.29, 1.82) is 0 Å². The Kier molecular flexibility index (Phi) is 6.28. The molecule has 2 aromatic carbocycles. The van der Waals surface area contributed by atoms with Gasteiger partial charge in [-0.15, -0.1) is 0 Å². The Bertz CT molecular complexity index is 952. The van der Waals surface area contributed by atoms with E-state index in [1.807, 2.05) is 31.2 Å². The average Bonchev–Trinajstić information content (AvgIpc) is 2.63. The topological polar surface area (TPSA) is 76.7 Å². The molecule has 2 N–H and O–H groups in total. The molecule has 1 aliphatic heterocycles. The van der Waals surface area contributed by atoms with Crippen molar-refractivity contribution in [3.8, 4) is 11.5 Å². The highest BCUT2D eigenvalue weighted by atomic mass is 35.5. The number of ether oxygens (including phenoxy) is 2. The molecule has 1 fully saturated rings. The summed E-state index contributed by atoms with van der Waals surface area (Å²) in [5, 5.41) is 5.20. The van der Waals surface area contributed by atoms with Gasteiger partial charge >= 0.3 is 0 Å². The van der Waals surface area contributed by atoms with Crippen LogP contribution in [0.2, 0.25) is 5.02 Å². The first-order valence-corrected chi connectivity index (χ1v) is 9.21. The molecule has 144 valence electrons. The third-order valence-electron chi connectivity index (χ3n) is 3.81. The van der Waals surface area contributed by atoms with Crippen LogP contribution in [-0.4, -0.2) is 30.1 Å². The van der Waals surface area contributed by atoms with Gasteiger partial charge in [0.25, 0.3) is 11.8 Å². The molecule has 0 saturated carbocycles. The lowest BCUT2D eigenvalue weighted by Gasteiger charge is -2.17. The van der Waals surface area contributed by atoms with E-state index in [0.717, 1.165) is 11.3 Å². The van der Waals surface area contributed by atoms with Crippen molar-refractivity contribution in [3.63, 3.8) is 0 Å². The molecule has 1 heterocycles. The van der Waals surface area contributed by atoms with Crippen molar-refractivity contribution in [3.05, 3.63) is 64.2 Å². The molecule has 1 saturated heterocycles. The Hall–Kier alpha value is -2.90. The fourth-order valence-corrected chi connectivity index (χ4v) is 2.91. The molecule has 8 heteroatoms. The van der Waals surface area contributed by atoms with Crippen molar-refractivity contribution in [2.45, 2.75) is 6.92 Å². The molecule has 2 amide bonds. The summed E-state index contributed by atoms with van der Waals surface area (Å²) in [5.41, 5.74) is 1.52. The lowest BCUT2D eigenvalue weighted by molar-refractivity contribution is -0.123. The van der Waals surface area contributed by atoms with Crippen LogP contribution in [0.1, 0.15) is 11.1 Å². The van der Waals surface area contributed by atoms with Crippen LogP contribution in [0.25, 0.3) is 6.08 Å². The monoisotopic (exact) mass is 416 g/mol. The van der Waals surface area contributed by atoms with E-state index in [1.54, 1.807) is 18.2 Å². The Balaban J connectivity index is 1.70. The number of nitrogens with one attached hydrogen (secondary N) is 2. The van der Waals surface area contributed by atoms with Gasteiger partial charge in [0.15, 0.2) is 5.11 Å². The van der Waals surface area contributed by atoms with Gasteiger partial charge in [0.2, 0.25) is 0 Å². The van der Waals surface area contributed by atoms with Crippen molar-refractivity contribution < 1.29 is 19.1 Å². The minimum absolute atomic E-state index is 0.0250. The molecule has 1 aliphatic rings. The van der Waals surface area contributed by atoms with Crippen molar-refractivity contribution >= 4 is 46.8 Å². The lowest BCUT2D eigenvalue weighted by atomic mass is 10.1. The molecule has 3 rings (SSSR count). The SMILES string of the molecule is Cc1cccc(OCCOc2ccc(Cl)cc2C=C2C(=O)NC(=S)NC2=O)c1. The van der Waals surface area contributed by atoms with Gasteiger partial charge in [0.1, 0.15) is 30.3 Å². The maximum Gasteiger partial charge on any atom is 0.263 e. The van der Waals surface area contributed by atoms with Crippen LogP contribution >= 0.6 is 23.8 Å². The maximum absolute atomic E-state index is 12.0. The number of hydrogen-bond acceptors (Lipinski definition) is 5. The first kappa shape index (κ1) is 19.9. The number of amides is 2. The fraction of sp³-hybridized carbons (Fsp3) is 0.150. The summed E-state index contributed by atoms with van der Waals surface area (Å²) >= 11 is 10.8. The minimum atomic E-state index is -0.581. The molecule has 0 aliphatic carbocycles. The van der Waals surface area contributed by atoms with Crippen LogP contribution in [-0.2, 0) is 9.59 Å². The van der Waals surface area contributed by atoms with Gasteiger partial charge in [-0.2, -0.15) is 0 Å². The zero-order chi connectivity index (χ0) is 20.1. The highest BCUT2D eigenvalue weighted by Gasteiger charge is 2.26. The van der Waals surface area contributed by atoms with Crippen LogP contribution in [0.4, 0.5) is 0 Å². The number of hydrogen-bond donors (Lipinski definition) is 2. The smallest absolute Gasteiger partial charge is 0.263 e. The number of halogens is 1. The van der Waals surface area contributed by atoms with E-state index in [1.165, 1.54) is 6.08 Å². The Morgan fingerprint density at radius 3 is 2.46 bits per heavy atom. The van der Waals surface area contributed by atoms with E-state index in [0.29, 0.717) is 22.9 Å². The van der Waals surface area contributed by atoms with Crippen molar-refractivity contribution in [2.24, 2.45) is 0 Å². The number of aryl methyl sites for hydroxylation is 1. The second kappa shape index (κ2) is 8.86. The molecule has 6 nitrogen and oxygen atoms in total. The average molecular weight is 417 g/mol. The molecular formula is C20H17ClN2O4S. The highest BCUT2D eigenvalue weighted by molar-refractivity contribution is 7.80. The first-order valence-electron chi connectivity index (χ1n) is 8.42. The molecule has 0 aromatic heterocycles. The fourth-order valence-electron chi connectivity index (χ4n) is 2.54. The van der Waals surface area contributed by atoms with E-state index < -0.39 is 11.8 Å². The number of benzene rings is 2. The van der Waals surface area contributed by atoms with Crippen molar-refractivity contribution in [2.75, 3.05) is 13.2 Å². The van der Waals surface area contributed by atoms with Gasteiger partial charge in [-0.05, 0) is 61.1 Å². The lowest BCUT2D eigenvalue weighted by Crippen LogP contribution is -2.51. The second-order valence-corrected chi connectivity index (χ2v) is 6.84. The quantitative estimate of drug-likeness (QED) is 0.327. The Labute approximate surface area is 172 Å². The number of thiocarbonyl (C=S) groups is 1. The third-order valence-corrected chi connectivity index (χ3v) is 4.25. The van der Waals surface area contributed by atoms with Crippen LogP contribution in [0.3, 0.4) is 0 Å². The summed E-state index contributed by atoms with van der Waals surface area (Å²) in [6.07, 6.45) is 1.41. The van der Waals surface area contributed by atoms with Gasteiger partial charge in [-0.1, -0.05) is 23.7 Å². The molecule has 0 bridgehead atoms. The normalized spacial score (nSPS) is 13.6. The second-order valence-electron chi connectivity index (χ2n) is 5.99. The molecule has 0 spiro atoms. The van der Waals surface area contributed by atoms with E-state index in [9.17, 15) is 9.59 Å². The largest absolute Gasteiger partial charge is 0.490 e. The van der Waals surface area contributed by atoms with E-state index in [4.69, 9.17) is 33.3 Å². The van der Waals surface area contributed by atoms with E-state index >= 15 is 0 Å². The van der Waals surface area contributed by atoms with Crippen LogP contribution in [0.15, 0.2) is 48.0 Å². The van der Waals surface area contributed by atoms with E-state index in [2.05, 4.69) is 10.6 Å². The maximum atomic E-state index is 12.0. The van der Waals surface area contributed by atoms with Gasteiger partial charge in [-0.25, -0.2) is 0 Å². The zero-order valence-corrected chi connectivity index (χ0v) is 16.5.